The number of nitrogens with zero attached hydrogens (tertiary/aromatic N) is 4. The maximum Gasteiger partial charge on any atom is 0.260 e. The van der Waals surface area contributed by atoms with Gasteiger partial charge in [0.15, 0.2) is 0 Å². The Labute approximate surface area is 146 Å². The lowest BCUT2D eigenvalue weighted by atomic mass is 9.96. The number of benzene rings is 1. The Morgan fingerprint density at radius 2 is 1.84 bits per heavy atom. The van der Waals surface area contributed by atoms with Crippen LogP contribution in [0.2, 0.25) is 0 Å². The van der Waals surface area contributed by atoms with E-state index in [4.69, 9.17) is 0 Å². The van der Waals surface area contributed by atoms with E-state index in [9.17, 15) is 4.79 Å². The normalized spacial score (nSPS) is 15.2. The van der Waals surface area contributed by atoms with Crippen LogP contribution in [0.4, 0.5) is 5.82 Å². The highest BCUT2D eigenvalue weighted by molar-refractivity contribution is 6.03. The van der Waals surface area contributed by atoms with Crippen molar-refractivity contribution >= 4 is 11.7 Å². The molecule has 128 valence electrons. The topological polar surface area (TPSA) is 64.7 Å². The number of hydrogen-bond donors (Lipinski definition) is 1. The fourth-order valence-electron chi connectivity index (χ4n) is 3.38. The van der Waals surface area contributed by atoms with Crippen LogP contribution in [0.1, 0.15) is 48.5 Å². The highest BCUT2D eigenvalue weighted by atomic mass is 16.1. The predicted octanol–water partition coefficient (Wildman–Crippen LogP) is 3.83. The van der Waals surface area contributed by atoms with Crippen molar-refractivity contribution in [2.75, 3.05) is 5.32 Å². The molecule has 0 spiro atoms. The third kappa shape index (κ3) is 3.33. The van der Waals surface area contributed by atoms with E-state index < -0.39 is 0 Å². The molecule has 2 aromatic heterocycles. The van der Waals surface area contributed by atoms with Crippen LogP contribution < -0.4 is 5.32 Å². The molecule has 1 aromatic carbocycles. The number of hydrogen-bond acceptors (Lipinski definition) is 3. The van der Waals surface area contributed by atoms with Crippen LogP contribution in [-0.4, -0.2) is 25.5 Å². The average Bonchev–Trinajstić information content (AvgIpc) is 3.33. The van der Waals surface area contributed by atoms with Crippen molar-refractivity contribution < 1.29 is 4.79 Å². The van der Waals surface area contributed by atoms with Gasteiger partial charge in [-0.2, -0.15) is 10.2 Å². The van der Waals surface area contributed by atoms with Crippen molar-refractivity contribution in [1.29, 1.82) is 0 Å². The Morgan fingerprint density at radius 3 is 2.64 bits per heavy atom. The SMILES string of the molecule is O=C(Nc1ccnn1C1CCCCC1)c1cnn(-c2ccccc2)c1. The van der Waals surface area contributed by atoms with Crippen molar-refractivity contribution in [2.45, 2.75) is 38.1 Å². The van der Waals surface area contributed by atoms with Crippen molar-refractivity contribution in [3.05, 3.63) is 60.6 Å². The number of carbonyl (C=O) groups is 1. The summed E-state index contributed by atoms with van der Waals surface area (Å²) in [4.78, 5) is 12.6. The zero-order valence-corrected chi connectivity index (χ0v) is 14.0. The molecule has 1 saturated carbocycles. The Morgan fingerprint density at radius 1 is 1.04 bits per heavy atom. The molecule has 0 saturated heterocycles. The highest BCUT2D eigenvalue weighted by Crippen LogP contribution is 2.30. The second-order valence-corrected chi connectivity index (χ2v) is 6.42. The van der Waals surface area contributed by atoms with Crippen molar-refractivity contribution in [3.63, 3.8) is 0 Å². The molecule has 0 atom stereocenters. The summed E-state index contributed by atoms with van der Waals surface area (Å²) < 4.78 is 3.66. The fraction of sp³-hybridized carbons (Fsp3) is 0.316. The number of nitrogens with one attached hydrogen (secondary N) is 1. The molecule has 1 fully saturated rings. The molecule has 1 N–H and O–H groups in total. The van der Waals surface area contributed by atoms with E-state index in [1.807, 2.05) is 41.1 Å². The molecule has 1 aliphatic carbocycles. The van der Waals surface area contributed by atoms with E-state index in [0.717, 1.165) is 24.3 Å². The van der Waals surface area contributed by atoms with Gasteiger partial charge in [-0.3, -0.25) is 4.79 Å². The Kier molecular flexibility index (Phi) is 4.33. The molecule has 0 aliphatic heterocycles. The molecule has 3 aromatic rings. The first-order chi connectivity index (χ1) is 12.3. The van der Waals surface area contributed by atoms with E-state index in [1.165, 1.54) is 19.3 Å². The van der Waals surface area contributed by atoms with Crippen LogP contribution in [-0.2, 0) is 0 Å². The van der Waals surface area contributed by atoms with Gasteiger partial charge in [-0.1, -0.05) is 37.5 Å². The van der Waals surface area contributed by atoms with Crippen LogP contribution in [0.5, 0.6) is 0 Å². The van der Waals surface area contributed by atoms with Gasteiger partial charge in [0.2, 0.25) is 0 Å². The minimum Gasteiger partial charge on any atom is -0.307 e. The van der Waals surface area contributed by atoms with Gasteiger partial charge in [0.05, 0.1) is 29.7 Å². The van der Waals surface area contributed by atoms with Crippen LogP contribution in [0, 0.1) is 0 Å². The summed E-state index contributed by atoms with van der Waals surface area (Å²) in [6.45, 7) is 0. The molecule has 6 heteroatoms. The second-order valence-electron chi connectivity index (χ2n) is 6.42. The van der Waals surface area contributed by atoms with E-state index in [1.54, 1.807) is 23.3 Å². The van der Waals surface area contributed by atoms with Crippen LogP contribution in [0.3, 0.4) is 0 Å². The molecule has 6 nitrogen and oxygen atoms in total. The van der Waals surface area contributed by atoms with Gasteiger partial charge in [-0.25, -0.2) is 9.36 Å². The van der Waals surface area contributed by atoms with Gasteiger partial charge in [0.1, 0.15) is 5.82 Å². The van der Waals surface area contributed by atoms with Gasteiger partial charge < -0.3 is 5.32 Å². The van der Waals surface area contributed by atoms with Crippen LogP contribution in [0.25, 0.3) is 5.69 Å². The number of anilines is 1. The maximum absolute atomic E-state index is 12.6. The summed E-state index contributed by atoms with van der Waals surface area (Å²) in [5, 5.41) is 11.7. The lowest BCUT2D eigenvalue weighted by Crippen LogP contribution is -2.20. The number of para-hydroxylation sites is 1. The molecule has 4 rings (SSSR count). The maximum atomic E-state index is 12.6. The van der Waals surface area contributed by atoms with E-state index in [2.05, 4.69) is 15.5 Å². The number of carbonyl (C=O) groups excluding carboxylic acids is 1. The molecule has 25 heavy (non-hydrogen) atoms. The quantitative estimate of drug-likeness (QED) is 0.788. The zero-order valence-electron chi connectivity index (χ0n) is 14.0. The standard InChI is InChI=1S/C19H21N5O/c25-19(15-13-21-23(14-15)16-7-3-1-4-8-16)22-18-11-12-20-24(18)17-9-5-2-6-10-17/h1,3-4,7-8,11-14,17H,2,5-6,9-10H2,(H,22,25). The third-order valence-electron chi connectivity index (χ3n) is 4.70. The first kappa shape index (κ1) is 15.6. The summed E-state index contributed by atoms with van der Waals surface area (Å²) in [7, 11) is 0. The Hall–Kier alpha value is -2.89. The smallest absolute Gasteiger partial charge is 0.260 e. The molecule has 1 amide bonds. The van der Waals surface area contributed by atoms with Crippen LogP contribution in [0.15, 0.2) is 55.0 Å². The van der Waals surface area contributed by atoms with Crippen molar-refractivity contribution in [2.24, 2.45) is 0 Å². The van der Waals surface area contributed by atoms with Crippen LogP contribution >= 0.6 is 0 Å². The number of rotatable bonds is 4. The summed E-state index contributed by atoms with van der Waals surface area (Å²) in [5.41, 5.74) is 1.45. The molecule has 0 unspecified atom stereocenters. The number of amides is 1. The minimum atomic E-state index is -0.167. The summed E-state index contributed by atoms with van der Waals surface area (Å²) >= 11 is 0. The Bertz CT molecular complexity index is 846. The van der Waals surface area contributed by atoms with E-state index in [-0.39, 0.29) is 5.91 Å². The highest BCUT2D eigenvalue weighted by Gasteiger charge is 2.20. The van der Waals surface area contributed by atoms with Gasteiger partial charge in [0.25, 0.3) is 5.91 Å². The third-order valence-corrected chi connectivity index (χ3v) is 4.70. The lowest BCUT2D eigenvalue weighted by molar-refractivity contribution is 0.102. The summed E-state index contributed by atoms with van der Waals surface area (Å²) in [6, 6.07) is 12.0. The van der Waals surface area contributed by atoms with Gasteiger partial charge in [0, 0.05) is 12.3 Å². The summed E-state index contributed by atoms with van der Waals surface area (Å²) in [6.07, 6.45) is 11.1. The zero-order chi connectivity index (χ0) is 17.1. The fourth-order valence-corrected chi connectivity index (χ4v) is 3.38. The first-order valence-electron chi connectivity index (χ1n) is 8.76. The molecular weight excluding hydrogens is 314 g/mol. The van der Waals surface area contributed by atoms with Gasteiger partial charge >= 0.3 is 0 Å². The van der Waals surface area contributed by atoms with Crippen molar-refractivity contribution in [1.82, 2.24) is 19.6 Å². The summed E-state index contributed by atoms with van der Waals surface area (Å²) in [5.74, 6) is 0.587. The van der Waals surface area contributed by atoms with Gasteiger partial charge in [-0.05, 0) is 25.0 Å². The number of aromatic nitrogens is 4. The molecule has 0 bridgehead atoms. The van der Waals surface area contributed by atoms with Crippen molar-refractivity contribution in [3.8, 4) is 5.69 Å². The van der Waals surface area contributed by atoms with E-state index >= 15 is 0 Å². The molecular formula is C19H21N5O. The predicted molar refractivity (Wildman–Crippen MR) is 95.9 cm³/mol. The molecule has 2 heterocycles. The minimum absolute atomic E-state index is 0.167. The largest absolute Gasteiger partial charge is 0.307 e. The first-order valence-corrected chi connectivity index (χ1v) is 8.76. The van der Waals surface area contributed by atoms with Gasteiger partial charge in [-0.15, -0.1) is 0 Å². The monoisotopic (exact) mass is 335 g/mol. The molecule has 0 radical (unpaired) electrons. The van der Waals surface area contributed by atoms with E-state index in [0.29, 0.717) is 11.6 Å². The lowest BCUT2D eigenvalue weighted by Gasteiger charge is -2.23. The average molecular weight is 335 g/mol. The Balaban J connectivity index is 1.50. The molecule has 1 aliphatic rings. The second kappa shape index (κ2) is 6.93.